The van der Waals surface area contributed by atoms with E-state index in [4.69, 9.17) is 8.92 Å². The molecule has 2 saturated carbocycles. The minimum absolute atomic E-state index is 0.0132. The highest BCUT2D eigenvalue weighted by molar-refractivity contribution is 7.87. The largest absolute Gasteiger partial charge is 0.541 e. The Balaban J connectivity index is 1.43. The summed E-state index contributed by atoms with van der Waals surface area (Å²) >= 11 is 0. The van der Waals surface area contributed by atoms with Crippen LogP contribution in [0.25, 0.3) is 0 Å². The molecule has 0 aromatic heterocycles. The number of halogens is 2. The van der Waals surface area contributed by atoms with Gasteiger partial charge in [-0.05, 0) is 37.1 Å². The van der Waals surface area contributed by atoms with Gasteiger partial charge in [-0.15, -0.1) is 0 Å². The highest BCUT2D eigenvalue weighted by Gasteiger charge is 2.65. The highest BCUT2D eigenvalue weighted by Crippen LogP contribution is 2.55. The lowest BCUT2D eigenvalue weighted by Gasteiger charge is -2.25. The quantitative estimate of drug-likeness (QED) is 0.501. The number of hydrogen-bond donors (Lipinski definition) is 0. The van der Waals surface area contributed by atoms with Gasteiger partial charge < -0.3 is 19.4 Å². The molecule has 1 saturated heterocycles. The fourth-order valence-corrected chi connectivity index (χ4v) is 5.97. The molecule has 146 valence electrons. The fraction of sp³-hybridized carbons (Fsp3) is 0.500. The van der Waals surface area contributed by atoms with Crippen LogP contribution >= 0.6 is 0 Å². The van der Waals surface area contributed by atoms with Crippen molar-refractivity contribution in [1.82, 2.24) is 0 Å². The van der Waals surface area contributed by atoms with E-state index in [2.05, 4.69) is 4.74 Å². The van der Waals surface area contributed by atoms with Gasteiger partial charge in [0.25, 0.3) is 10.1 Å². The standard InChI is InChI=1S/C16H14F2O8S/c17-16(18,15(20)21)25-9-3-1-7(2-4-9)14(19)24-12-8-5-10-11(6-8)27(22,23)26-13(10)12/h1-4,8,10-13H,5-6H2,(H,20,21)/p-1. The molecule has 0 amide bonds. The summed E-state index contributed by atoms with van der Waals surface area (Å²) in [5.74, 6) is -4.22. The van der Waals surface area contributed by atoms with Crippen LogP contribution in [-0.4, -0.2) is 43.9 Å². The van der Waals surface area contributed by atoms with Crippen LogP contribution in [-0.2, 0) is 23.8 Å². The van der Waals surface area contributed by atoms with E-state index in [-0.39, 0.29) is 17.4 Å². The van der Waals surface area contributed by atoms with Crippen LogP contribution < -0.4 is 9.84 Å². The molecule has 2 bridgehead atoms. The van der Waals surface area contributed by atoms with Crippen LogP contribution in [0.15, 0.2) is 24.3 Å². The van der Waals surface area contributed by atoms with Crippen LogP contribution in [0.1, 0.15) is 23.2 Å². The van der Waals surface area contributed by atoms with E-state index < -0.39 is 51.4 Å². The first-order valence-electron chi connectivity index (χ1n) is 8.10. The van der Waals surface area contributed by atoms with Crippen LogP contribution in [0, 0.1) is 11.8 Å². The Morgan fingerprint density at radius 2 is 1.85 bits per heavy atom. The monoisotopic (exact) mass is 403 g/mol. The van der Waals surface area contributed by atoms with Crippen molar-refractivity contribution in [2.45, 2.75) is 36.4 Å². The zero-order chi connectivity index (χ0) is 19.6. The number of ether oxygens (including phenoxy) is 2. The Labute approximate surface area is 152 Å². The molecule has 1 aliphatic heterocycles. The SMILES string of the molecule is O=C(OC1C2CC3C1OS(=O)(=O)C3C2)c1ccc(OC(F)(F)C(=O)[O-])cc1. The number of rotatable bonds is 5. The first kappa shape index (κ1) is 18.1. The van der Waals surface area contributed by atoms with Gasteiger partial charge >= 0.3 is 12.1 Å². The Morgan fingerprint density at radius 3 is 2.48 bits per heavy atom. The van der Waals surface area contributed by atoms with E-state index in [1.54, 1.807) is 0 Å². The van der Waals surface area contributed by atoms with Gasteiger partial charge in [0.15, 0.2) is 5.97 Å². The molecule has 0 radical (unpaired) electrons. The summed E-state index contributed by atoms with van der Waals surface area (Å²) < 4.78 is 64.2. The first-order chi connectivity index (χ1) is 12.6. The predicted octanol–water partition coefficient (Wildman–Crippen LogP) is 0.0705. The molecule has 11 heteroatoms. The van der Waals surface area contributed by atoms with Gasteiger partial charge in [-0.25, -0.2) is 4.79 Å². The summed E-state index contributed by atoms with van der Waals surface area (Å²) in [6.07, 6.45) is -4.89. The van der Waals surface area contributed by atoms with Crippen molar-refractivity contribution in [2.75, 3.05) is 0 Å². The summed E-state index contributed by atoms with van der Waals surface area (Å²) in [5.41, 5.74) is 0.0132. The van der Waals surface area contributed by atoms with E-state index in [9.17, 15) is 31.9 Å². The maximum Gasteiger partial charge on any atom is 0.441 e. The number of benzene rings is 1. The van der Waals surface area contributed by atoms with E-state index in [1.807, 2.05) is 0 Å². The van der Waals surface area contributed by atoms with Crippen LogP contribution in [0.4, 0.5) is 8.78 Å². The van der Waals surface area contributed by atoms with Gasteiger partial charge in [0.05, 0.1) is 10.8 Å². The average molecular weight is 403 g/mol. The van der Waals surface area contributed by atoms with E-state index >= 15 is 0 Å². The number of alkyl halides is 2. The second-order valence-corrected chi connectivity index (χ2v) is 8.57. The minimum Gasteiger partial charge on any atom is -0.541 e. The Hall–Kier alpha value is -2.27. The average Bonchev–Trinajstić information content (AvgIpc) is 3.19. The molecule has 0 spiro atoms. The third-order valence-corrected chi connectivity index (χ3v) is 7.00. The fourth-order valence-electron chi connectivity index (χ4n) is 4.08. The number of carbonyl (C=O) groups is 2. The van der Waals surface area contributed by atoms with Crippen molar-refractivity contribution < 1.29 is 45.6 Å². The van der Waals surface area contributed by atoms with Crippen molar-refractivity contribution in [3.05, 3.63) is 29.8 Å². The lowest BCUT2D eigenvalue weighted by atomic mass is 9.94. The number of carboxylic acid groups (broad SMARTS) is 1. The Morgan fingerprint density at radius 1 is 1.19 bits per heavy atom. The molecule has 0 N–H and O–H groups in total. The van der Waals surface area contributed by atoms with Gasteiger partial charge in [-0.1, -0.05) is 0 Å². The number of carbonyl (C=O) groups excluding carboxylic acids is 2. The molecular weight excluding hydrogens is 390 g/mol. The Bertz CT molecular complexity index is 898. The summed E-state index contributed by atoms with van der Waals surface area (Å²) in [4.78, 5) is 22.5. The molecule has 3 fully saturated rings. The van der Waals surface area contributed by atoms with E-state index in [1.165, 1.54) is 0 Å². The zero-order valence-electron chi connectivity index (χ0n) is 13.5. The predicted molar refractivity (Wildman–Crippen MR) is 80.0 cm³/mol. The maximum absolute atomic E-state index is 13.0. The number of carboxylic acids is 1. The molecule has 5 atom stereocenters. The summed E-state index contributed by atoms with van der Waals surface area (Å²) in [5, 5.41) is 9.71. The van der Waals surface area contributed by atoms with Crippen molar-refractivity contribution in [1.29, 1.82) is 0 Å². The molecule has 3 aliphatic rings. The first-order valence-corrected chi connectivity index (χ1v) is 9.57. The molecule has 5 unspecified atom stereocenters. The topological polar surface area (TPSA) is 119 Å². The smallest absolute Gasteiger partial charge is 0.441 e. The van der Waals surface area contributed by atoms with Crippen LogP contribution in [0.2, 0.25) is 0 Å². The van der Waals surface area contributed by atoms with Crippen molar-refractivity contribution >= 4 is 22.1 Å². The van der Waals surface area contributed by atoms with E-state index in [0.29, 0.717) is 12.8 Å². The second kappa shape index (κ2) is 5.86. The molecule has 4 rings (SSSR count). The number of aliphatic carboxylic acids is 1. The molecule has 8 nitrogen and oxygen atoms in total. The molecule has 1 aromatic rings. The second-order valence-electron chi connectivity index (χ2n) is 6.79. The molecular formula is C16H13F2O8S-. The molecule has 2 aliphatic carbocycles. The lowest BCUT2D eigenvalue weighted by molar-refractivity contribution is -0.350. The van der Waals surface area contributed by atoms with E-state index in [0.717, 1.165) is 24.3 Å². The van der Waals surface area contributed by atoms with Gasteiger partial charge in [0.2, 0.25) is 0 Å². The van der Waals surface area contributed by atoms with Crippen LogP contribution in [0.5, 0.6) is 5.75 Å². The summed E-state index contributed by atoms with van der Waals surface area (Å²) in [6.45, 7) is 0. The van der Waals surface area contributed by atoms with Crippen molar-refractivity contribution in [3.63, 3.8) is 0 Å². The van der Waals surface area contributed by atoms with Gasteiger partial charge in [-0.2, -0.15) is 17.2 Å². The van der Waals surface area contributed by atoms with Gasteiger partial charge in [0, 0.05) is 11.8 Å². The maximum atomic E-state index is 13.0. The third-order valence-electron chi connectivity index (χ3n) is 5.23. The van der Waals surface area contributed by atoms with Gasteiger partial charge in [-0.3, -0.25) is 4.18 Å². The Kier molecular flexibility index (Phi) is 3.93. The number of esters is 1. The van der Waals surface area contributed by atoms with Crippen LogP contribution in [0.3, 0.4) is 0 Å². The summed E-state index contributed by atoms with van der Waals surface area (Å²) in [6, 6.07) is 4.23. The zero-order valence-corrected chi connectivity index (χ0v) is 14.4. The molecule has 27 heavy (non-hydrogen) atoms. The minimum atomic E-state index is -4.51. The molecule has 1 heterocycles. The lowest BCUT2D eigenvalue weighted by Crippen LogP contribution is -2.45. The molecule has 1 aromatic carbocycles. The highest BCUT2D eigenvalue weighted by atomic mass is 32.2. The van der Waals surface area contributed by atoms with Gasteiger partial charge in [0.1, 0.15) is 18.0 Å². The van der Waals surface area contributed by atoms with Crippen molar-refractivity contribution in [2.24, 2.45) is 11.8 Å². The van der Waals surface area contributed by atoms with Crippen molar-refractivity contribution in [3.8, 4) is 5.75 Å². The number of hydrogen-bond acceptors (Lipinski definition) is 8. The third kappa shape index (κ3) is 2.94. The number of fused-ring (bicyclic) bond motifs is 1. The normalized spacial score (nSPS) is 33.0. The summed E-state index contributed by atoms with van der Waals surface area (Å²) in [7, 11) is -3.63.